The number of ether oxygens (including phenoxy) is 2. The maximum Gasteiger partial charge on any atom is 0.337 e. The molecule has 330 valence electrons. The van der Waals surface area contributed by atoms with Gasteiger partial charge in [-0.05, 0) is 84.1 Å². The molecule has 0 radical (unpaired) electrons. The van der Waals surface area contributed by atoms with Crippen molar-refractivity contribution in [2.45, 2.75) is 116 Å². The van der Waals surface area contributed by atoms with Crippen LogP contribution in [0.15, 0.2) is 121 Å². The number of aliphatic hydroxyl groups excluding tert-OH is 1. The molecule has 61 heavy (non-hydrogen) atoms. The second-order valence-electron chi connectivity index (χ2n) is 19.3. The molecule has 1 unspecified atom stereocenters. The van der Waals surface area contributed by atoms with Crippen LogP contribution >= 0.6 is 11.8 Å². The minimum Gasteiger partial charge on any atom is -0.459 e. The van der Waals surface area contributed by atoms with Crippen LogP contribution in [0.1, 0.15) is 83.1 Å². The van der Waals surface area contributed by atoms with Crippen LogP contribution in [0.4, 0.5) is 4.79 Å². The standard InChI is InChI=1S/C49H67NO8SSi2/c1-46(2,3)57-43(52)41(51)42(44(53)58-47(4,5)6)59-45(54)50(33-35-55-60(48(7,8)9,37-25-17-13-18-26-37)38-27-19-14-20-28-38)34-36-56-61(49(10,11)12,39-29-21-15-22-30-39)40-31-23-16-24-32-40/h13-32,41-42,51H,33-36H2,1-12H3/t41-,42?/m1/s1. The van der Waals surface area contributed by atoms with Gasteiger partial charge in [0.1, 0.15) is 16.5 Å². The van der Waals surface area contributed by atoms with Crippen LogP contribution in [0, 0.1) is 0 Å². The molecule has 12 heteroatoms. The fourth-order valence-electron chi connectivity index (χ4n) is 7.71. The van der Waals surface area contributed by atoms with Gasteiger partial charge in [-0.25, -0.2) is 4.79 Å². The molecular weight excluding hydrogens is 819 g/mol. The number of hydrogen-bond acceptors (Lipinski definition) is 9. The smallest absolute Gasteiger partial charge is 0.337 e. The monoisotopic (exact) mass is 885 g/mol. The largest absolute Gasteiger partial charge is 0.459 e. The Morgan fingerprint density at radius 1 is 0.525 bits per heavy atom. The Labute approximate surface area is 370 Å². The molecule has 4 aromatic rings. The van der Waals surface area contributed by atoms with E-state index in [1.54, 1.807) is 46.4 Å². The van der Waals surface area contributed by atoms with Crippen LogP contribution in [-0.4, -0.2) is 92.7 Å². The van der Waals surface area contributed by atoms with Crippen molar-refractivity contribution in [3.05, 3.63) is 121 Å². The van der Waals surface area contributed by atoms with E-state index in [4.69, 9.17) is 18.3 Å². The summed E-state index contributed by atoms with van der Waals surface area (Å²) in [6.07, 6.45) is -1.98. The van der Waals surface area contributed by atoms with Crippen molar-refractivity contribution in [2.75, 3.05) is 26.3 Å². The highest BCUT2D eigenvalue weighted by molar-refractivity contribution is 8.14. The molecule has 4 aromatic carbocycles. The number of rotatable bonds is 16. The van der Waals surface area contributed by atoms with E-state index in [9.17, 15) is 19.5 Å². The van der Waals surface area contributed by atoms with Gasteiger partial charge in [-0.3, -0.25) is 9.59 Å². The highest BCUT2D eigenvalue weighted by atomic mass is 32.2. The summed E-state index contributed by atoms with van der Waals surface area (Å²) in [6.45, 7) is 23.8. The van der Waals surface area contributed by atoms with Gasteiger partial charge in [-0.2, -0.15) is 0 Å². The maximum atomic E-state index is 14.8. The van der Waals surface area contributed by atoms with Crippen LogP contribution in [0.2, 0.25) is 10.1 Å². The third-order valence-electron chi connectivity index (χ3n) is 10.3. The fraction of sp³-hybridized carbons (Fsp3) is 0.449. The topological polar surface area (TPSA) is 112 Å². The zero-order valence-electron chi connectivity index (χ0n) is 38.2. The van der Waals surface area contributed by atoms with Gasteiger partial charge in [0.25, 0.3) is 21.9 Å². The first kappa shape index (κ1) is 49.6. The van der Waals surface area contributed by atoms with E-state index in [0.717, 1.165) is 20.7 Å². The first-order valence-electron chi connectivity index (χ1n) is 21.0. The third-order valence-corrected chi connectivity index (χ3v) is 21.5. The van der Waals surface area contributed by atoms with Gasteiger partial charge in [0, 0.05) is 13.1 Å². The molecule has 0 heterocycles. The minimum absolute atomic E-state index is 0.129. The predicted octanol–water partition coefficient (Wildman–Crippen LogP) is 7.71. The van der Waals surface area contributed by atoms with Crippen LogP contribution in [0.3, 0.4) is 0 Å². The number of carbonyl (C=O) groups excluding carboxylic acids is 3. The van der Waals surface area contributed by atoms with Crippen LogP contribution in [-0.2, 0) is 27.9 Å². The van der Waals surface area contributed by atoms with E-state index in [-0.39, 0.29) is 36.4 Å². The molecule has 2 atom stereocenters. The van der Waals surface area contributed by atoms with Gasteiger partial charge < -0.3 is 28.3 Å². The Morgan fingerprint density at radius 2 is 0.820 bits per heavy atom. The van der Waals surface area contributed by atoms with Crippen LogP contribution in [0.25, 0.3) is 0 Å². The lowest BCUT2D eigenvalue weighted by Gasteiger charge is -2.44. The molecule has 0 saturated heterocycles. The number of hydrogen-bond donors (Lipinski definition) is 1. The van der Waals surface area contributed by atoms with E-state index in [2.05, 4.69) is 90.1 Å². The second kappa shape index (κ2) is 20.4. The number of benzene rings is 4. The van der Waals surface area contributed by atoms with Gasteiger partial charge >= 0.3 is 11.9 Å². The van der Waals surface area contributed by atoms with E-state index < -0.39 is 56.4 Å². The molecule has 0 aliphatic rings. The van der Waals surface area contributed by atoms with E-state index in [0.29, 0.717) is 11.8 Å². The summed E-state index contributed by atoms with van der Waals surface area (Å²) >= 11 is 0.550. The van der Waals surface area contributed by atoms with Gasteiger partial charge in [0.15, 0.2) is 6.10 Å². The third kappa shape index (κ3) is 12.5. The normalized spacial score (nSPS) is 13.9. The second-order valence-corrected chi connectivity index (χ2v) is 29.0. The van der Waals surface area contributed by atoms with Crippen molar-refractivity contribution < 1.29 is 37.8 Å². The minimum atomic E-state index is -3.00. The van der Waals surface area contributed by atoms with Crippen molar-refractivity contribution in [2.24, 2.45) is 0 Å². The summed E-state index contributed by atoms with van der Waals surface area (Å²) in [4.78, 5) is 43.4. The van der Waals surface area contributed by atoms with Gasteiger partial charge in [-0.15, -0.1) is 0 Å². The van der Waals surface area contributed by atoms with Crippen molar-refractivity contribution in [3.8, 4) is 0 Å². The molecule has 9 nitrogen and oxygen atoms in total. The molecular formula is C49H67NO8SSi2. The number of aliphatic hydroxyl groups is 1. The van der Waals surface area contributed by atoms with Gasteiger partial charge in [-0.1, -0.05) is 163 Å². The van der Waals surface area contributed by atoms with Crippen molar-refractivity contribution in [1.29, 1.82) is 0 Å². The molecule has 0 spiro atoms. The first-order valence-corrected chi connectivity index (χ1v) is 25.7. The Morgan fingerprint density at radius 3 is 1.10 bits per heavy atom. The summed E-state index contributed by atoms with van der Waals surface area (Å²) in [5.74, 6) is -1.93. The summed E-state index contributed by atoms with van der Waals surface area (Å²) in [5, 5.41) is 13.0. The van der Waals surface area contributed by atoms with Gasteiger partial charge in [0.05, 0.1) is 13.2 Å². The molecule has 1 N–H and O–H groups in total. The Bertz CT molecular complexity index is 1820. The van der Waals surface area contributed by atoms with Crippen molar-refractivity contribution >= 4 is 66.3 Å². The highest BCUT2D eigenvalue weighted by Gasteiger charge is 2.52. The fourth-order valence-corrected chi connectivity index (χ4v) is 17.7. The molecule has 4 rings (SSSR count). The molecule has 0 fully saturated rings. The summed E-state index contributed by atoms with van der Waals surface area (Å²) in [7, 11) is -6.00. The Hall–Kier alpha value is -4.05. The molecule has 0 aliphatic heterocycles. The highest BCUT2D eigenvalue weighted by Crippen LogP contribution is 2.38. The maximum absolute atomic E-state index is 14.8. The Balaban J connectivity index is 1.77. The summed E-state index contributed by atoms with van der Waals surface area (Å²) < 4.78 is 25.6. The molecule has 0 saturated carbocycles. The lowest BCUT2D eigenvalue weighted by Crippen LogP contribution is -2.67. The van der Waals surface area contributed by atoms with E-state index >= 15 is 0 Å². The lowest BCUT2D eigenvalue weighted by atomic mass is 10.1. The summed E-state index contributed by atoms with van der Waals surface area (Å²) in [6, 6.07) is 41.1. The average Bonchev–Trinajstić information content (AvgIpc) is 3.18. The number of nitrogens with zero attached hydrogens (tertiary/aromatic N) is 1. The van der Waals surface area contributed by atoms with E-state index in [1.807, 2.05) is 72.8 Å². The molecule has 0 aromatic heterocycles. The SMILES string of the molecule is CC(C)(C)OC(=O)C(SC(=O)N(CCO[Si](c1ccccc1)(c1ccccc1)C(C)(C)C)CCO[Si](c1ccccc1)(c1ccccc1)C(C)(C)C)[C@@H](O)C(=O)OC(C)(C)C. The van der Waals surface area contributed by atoms with Crippen molar-refractivity contribution in [3.63, 3.8) is 0 Å². The number of amides is 1. The lowest BCUT2D eigenvalue weighted by molar-refractivity contribution is -0.171. The quantitative estimate of drug-likeness (QED) is 0.0894. The first-order chi connectivity index (χ1) is 28.4. The Kier molecular flexibility index (Phi) is 16.6. The zero-order chi connectivity index (χ0) is 45.3. The van der Waals surface area contributed by atoms with Crippen LogP contribution < -0.4 is 20.7 Å². The predicted molar refractivity (Wildman–Crippen MR) is 253 cm³/mol. The summed E-state index contributed by atoms with van der Waals surface area (Å²) in [5.41, 5.74) is -1.91. The molecule has 1 amide bonds. The zero-order valence-corrected chi connectivity index (χ0v) is 41.0. The molecule has 0 bridgehead atoms. The number of carbonyl (C=O) groups is 3. The molecule has 0 aliphatic carbocycles. The van der Waals surface area contributed by atoms with Crippen molar-refractivity contribution in [1.82, 2.24) is 4.90 Å². The van der Waals surface area contributed by atoms with E-state index in [1.165, 1.54) is 0 Å². The average molecular weight is 886 g/mol. The van der Waals surface area contributed by atoms with Crippen LogP contribution in [0.5, 0.6) is 0 Å². The number of thioether (sulfide) groups is 1. The number of esters is 2. The van der Waals surface area contributed by atoms with Gasteiger partial charge in [0.2, 0.25) is 0 Å².